The van der Waals surface area contributed by atoms with E-state index in [9.17, 15) is 9.18 Å². The van der Waals surface area contributed by atoms with E-state index in [1.165, 1.54) is 13.2 Å². The van der Waals surface area contributed by atoms with Gasteiger partial charge in [-0.2, -0.15) is 0 Å². The van der Waals surface area contributed by atoms with Crippen LogP contribution in [-0.4, -0.2) is 30.3 Å². The molecule has 0 bridgehead atoms. The van der Waals surface area contributed by atoms with Gasteiger partial charge in [-0.1, -0.05) is 18.2 Å². The highest BCUT2D eigenvalue weighted by Gasteiger charge is 2.20. The Labute approximate surface area is 138 Å². The van der Waals surface area contributed by atoms with E-state index in [-0.39, 0.29) is 12.5 Å². The summed E-state index contributed by atoms with van der Waals surface area (Å²) in [4.78, 5) is 19.3. The van der Waals surface area contributed by atoms with E-state index in [0.29, 0.717) is 28.4 Å². The van der Waals surface area contributed by atoms with E-state index in [2.05, 4.69) is 15.3 Å². The van der Waals surface area contributed by atoms with Gasteiger partial charge < -0.3 is 15.0 Å². The van der Waals surface area contributed by atoms with Gasteiger partial charge in [-0.15, -0.1) is 0 Å². The van der Waals surface area contributed by atoms with E-state index < -0.39 is 5.82 Å². The summed E-state index contributed by atoms with van der Waals surface area (Å²) in [7, 11) is 1.48. The Balaban J connectivity index is 2.23. The summed E-state index contributed by atoms with van der Waals surface area (Å²) in [6.07, 6.45) is 1.70. The number of aliphatic imine (C=N–C) groups is 1. The first kappa shape index (κ1) is 15.7. The molecule has 24 heavy (non-hydrogen) atoms. The topological polar surface area (TPSA) is 66.5 Å². The minimum atomic E-state index is -0.470. The monoisotopic (exact) mass is 325 g/mol. The van der Waals surface area contributed by atoms with Crippen LogP contribution in [0.25, 0.3) is 0 Å². The molecule has 0 spiro atoms. The van der Waals surface area contributed by atoms with Crippen molar-refractivity contribution in [2.24, 2.45) is 4.99 Å². The summed E-state index contributed by atoms with van der Waals surface area (Å²) in [5.74, 6) is -0.313. The second-order valence-corrected chi connectivity index (χ2v) is 5.09. The van der Waals surface area contributed by atoms with Gasteiger partial charge in [0.25, 0.3) is 0 Å². The zero-order chi connectivity index (χ0) is 16.9. The third-order valence-corrected chi connectivity index (χ3v) is 3.51. The minimum absolute atomic E-state index is 0.0805. The van der Waals surface area contributed by atoms with Crippen LogP contribution in [0.2, 0.25) is 0 Å². The number of H-pyrrole nitrogens is 1. The molecule has 122 valence electrons. The second-order valence-electron chi connectivity index (χ2n) is 5.09. The highest BCUT2D eigenvalue weighted by atomic mass is 19.1. The predicted octanol–water partition coefficient (Wildman–Crippen LogP) is 3.08. The number of hydrogen-bond donors (Lipinski definition) is 2. The van der Waals surface area contributed by atoms with Gasteiger partial charge in [-0.25, -0.2) is 4.39 Å². The van der Waals surface area contributed by atoms with Gasteiger partial charge in [-0.05, 0) is 24.3 Å². The number of benzene rings is 1. The van der Waals surface area contributed by atoms with Crippen LogP contribution in [0.5, 0.6) is 5.75 Å². The summed E-state index contributed by atoms with van der Waals surface area (Å²) in [6.45, 7) is -0.0805. The van der Waals surface area contributed by atoms with Gasteiger partial charge in [0, 0.05) is 17.8 Å². The summed E-state index contributed by atoms with van der Waals surface area (Å²) in [6, 6.07) is 13.5. The number of methoxy groups -OCH3 is 1. The molecule has 6 heteroatoms. The van der Waals surface area contributed by atoms with Crippen molar-refractivity contribution in [1.82, 2.24) is 4.98 Å². The van der Waals surface area contributed by atoms with Gasteiger partial charge in [0.05, 0.1) is 24.2 Å². The first-order chi connectivity index (χ1) is 11.7. The number of nitrogens with zero attached hydrogens (tertiary/aromatic N) is 1. The molecule has 3 rings (SSSR count). The van der Waals surface area contributed by atoms with Gasteiger partial charge in [0.15, 0.2) is 0 Å². The SMILES string of the molecule is COc1ccc(C2=NCC(=O)Nc3cccccc[nH]c32)c(F)c1. The van der Waals surface area contributed by atoms with Crippen LogP contribution in [0.3, 0.4) is 0 Å². The van der Waals surface area contributed by atoms with Crippen LogP contribution in [0.4, 0.5) is 10.1 Å². The molecule has 1 aliphatic rings. The van der Waals surface area contributed by atoms with Crippen LogP contribution in [0.15, 0.2) is 59.7 Å². The molecule has 0 saturated carbocycles. The molecule has 0 unspecified atom stereocenters. The number of aromatic nitrogens is 1. The van der Waals surface area contributed by atoms with Crippen LogP contribution in [-0.2, 0) is 4.79 Å². The highest BCUT2D eigenvalue weighted by Crippen LogP contribution is 2.23. The largest absolute Gasteiger partial charge is 0.497 e. The summed E-state index contributed by atoms with van der Waals surface area (Å²) in [5, 5.41) is 2.78. The standard InChI is InChI=1S/C18H16FN3O2/c1-24-12-7-8-13(14(19)10-12)17-18-15(22-16(23)11-21-17)6-4-2-3-5-9-20-18/h2-10,20H,11H2,1H3,(H,22,23). The lowest BCUT2D eigenvalue weighted by atomic mass is 10.0. The molecule has 0 radical (unpaired) electrons. The van der Waals surface area contributed by atoms with Crippen LogP contribution < -0.4 is 10.1 Å². The smallest absolute Gasteiger partial charge is 0.246 e. The Kier molecular flexibility index (Phi) is 4.56. The Morgan fingerprint density at radius 3 is 2.79 bits per heavy atom. The number of nitrogens with one attached hydrogen (secondary N) is 2. The molecule has 1 aromatic carbocycles. The Morgan fingerprint density at radius 1 is 1.17 bits per heavy atom. The van der Waals surface area contributed by atoms with Gasteiger partial charge in [0.2, 0.25) is 5.91 Å². The zero-order valence-corrected chi connectivity index (χ0v) is 13.0. The maximum absolute atomic E-state index is 14.5. The van der Waals surface area contributed by atoms with Crippen molar-refractivity contribution in [3.05, 3.63) is 71.8 Å². The number of amides is 1. The van der Waals surface area contributed by atoms with Gasteiger partial charge in [-0.3, -0.25) is 9.79 Å². The number of ether oxygens (including phenoxy) is 1. The lowest BCUT2D eigenvalue weighted by Gasteiger charge is -2.10. The van der Waals surface area contributed by atoms with E-state index in [0.717, 1.165) is 0 Å². The van der Waals surface area contributed by atoms with E-state index in [1.54, 1.807) is 36.5 Å². The number of carbonyl (C=O) groups excluding carboxylic acids is 1. The van der Waals surface area contributed by atoms with Crippen LogP contribution >= 0.6 is 0 Å². The lowest BCUT2D eigenvalue weighted by molar-refractivity contribution is -0.114. The number of fused-ring (bicyclic) bond motifs is 1. The third kappa shape index (κ3) is 3.27. The van der Waals surface area contributed by atoms with Crippen molar-refractivity contribution in [3.8, 4) is 5.75 Å². The molecule has 0 aliphatic carbocycles. The predicted molar refractivity (Wildman–Crippen MR) is 90.5 cm³/mol. The fourth-order valence-corrected chi connectivity index (χ4v) is 2.38. The van der Waals surface area contributed by atoms with Gasteiger partial charge >= 0.3 is 0 Å². The molecule has 5 nitrogen and oxygen atoms in total. The number of rotatable bonds is 2. The summed E-state index contributed by atoms with van der Waals surface area (Å²) < 4.78 is 19.5. The average molecular weight is 325 g/mol. The molecule has 2 aromatic rings. The van der Waals surface area contributed by atoms with Crippen molar-refractivity contribution < 1.29 is 13.9 Å². The molecule has 2 heterocycles. The minimum Gasteiger partial charge on any atom is -0.497 e. The lowest BCUT2D eigenvalue weighted by Crippen LogP contribution is -2.13. The number of anilines is 1. The molecule has 0 saturated heterocycles. The quantitative estimate of drug-likeness (QED) is 0.891. The van der Waals surface area contributed by atoms with Gasteiger partial charge in [0.1, 0.15) is 18.1 Å². The molecule has 0 fully saturated rings. The van der Waals surface area contributed by atoms with Crippen molar-refractivity contribution in [1.29, 1.82) is 0 Å². The molecular formula is C18H16FN3O2. The molecule has 2 N–H and O–H groups in total. The second kappa shape index (κ2) is 6.95. The summed E-state index contributed by atoms with van der Waals surface area (Å²) in [5.41, 5.74) is 1.73. The van der Waals surface area contributed by atoms with Crippen molar-refractivity contribution in [3.63, 3.8) is 0 Å². The number of hydrogen-bond acceptors (Lipinski definition) is 3. The molecular weight excluding hydrogens is 309 g/mol. The Hall–Kier alpha value is -3.15. The summed E-state index contributed by atoms with van der Waals surface area (Å²) >= 11 is 0. The maximum Gasteiger partial charge on any atom is 0.246 e. The number of aromatic amines is 1. The third-order valence-electron chi connectivity index (χ3n) is 3.51. The molecule has 0 atom stereocenters. The normalized spacial score (nSPS) is 13.1. The van der Waals surface area contributed by atoms with Crippen LogP contribution in [0, 0.1) is 5.82 Å². The van der Waals surface area contributed by atoms with E-state index in [1.807, 2.05) is 12.1 Å². The average Bonchev–Trinajstić information content (AvgIpc) is 2.65. The fraction of sp³-hybridized carbons (Fsp3) is 0.111. The van der Waals surface area contributed by atoms with E-state index in [4.69, 9.17) is 4.74 Å². The molecule has 1 aliphatic heterocycles. The number of halogens is 1. The molecule has 1 amide bonds. The fourth-order valence-electron chi connectivity index (χ4n) is 2.38. The van der Waals surface area contributed by atoms with Crippen molar-refractivity contribution in [2.45, 2.75) is 0 Å². The zero-order valence-electron chi connectivity index (χ0n) is 13.0. The van der Waals surface area contributed by atoms with Crippen molar-refractivity contribution in [2.75, 3.05) is 19.0 Å². The number of carbonyl (C=O) groups is 1. The first-order valence-corrected chi connectivity index (χ1v) is 7.38. The van der Waals surface area contributed by atoms with E-state index >= 15 is 0 Å². The van der Waals surface area contributed by atoms with Crippen molar-refractivity contribution >= 4 is 17.3 Å². The molecule has 1 aromatic heterocycles. The highest BCUT2D eigenvalue weighted by molar-refractivity contribution is 6.18. The first-order valence-electron chi connectivity index (χ1n) is 7.38. The Morgan fingerprint density at radius 2 is 2.00 bits per heavy atom. The van der Waals surface area contributed by atoms with Crippen LogP contribution in [0.1, 0.15) is 11.3 Å². The maximum atomic E-state index is 14.5. The Bertz CT molecular complexity index is 857.